The van der Waals surface area contributed by atoms with Crippen LogP contribution in [0.5, 0.6) is 0 Å². The van der Waals surface area contributed by atoms with Gasteiger partial charge in [-0.15, -0.1) is 11.3 Å². The molecule has 1 saturated heterocycles. The lowest BCUT2D eigenvalue weighted by Gasteiger charge is -2.37. The van der Waals surface area contributed by atoms with E-state index in [-0.39, 0.29) is 11.9 Å². The van der Waals surface area contributed by atoms with Crippen molar-refractivity contribution < 1.29 is 4.79 Å². The van der Waals surface area contributed by atoms with Gasteiger partial charge in [-0.25, -0.2) is 0 Å². The highest BCUT2D eigenvalue weighted by Crippen LogP contribution is 2.25. The van der Waals surface area contributed by atoms with Crippen LogP contribution in [0.15, 0.2) is 46.3 Å². The molecule has 0 bridgehead atoms. The number of nitrogens with one attached hydrogen (secondary N) is 1. The molecule has 0 radical (unpaired) electrons. The zero-order chi connectivity index (χ0) is 16.9. The van der Waals surface area contributed by atoms with E-state index in [1.54, 1.807) is 11.3 Å². The third kappa shape index (κ3) is 4.45. The van der Waals surface area contributed by atoms with Crippen molar-refractivity contribution in [2.45, 2.75) is 6.04 Å². The number of hydrogen-bond acceptors (Lipinski definition) is 4. The van der Waals surface area contributed by atoms with Gasteiger partial charge in [0.2, 0.25) is 0 Å². The maximum atomic E-state index is 12.5. The highest BCUT2D eigenvalue weighted by atomic mass is 79.9. The number of carbonyl (C=O) groups excluding carboxylic acids is 1. The lowest BCUT2D eigenvalue weighted by Crippen LogP contribution is -2.48. The van der Waals surface area contributed by atoms with Gasteiger partial charge in [-0.3, -0.25) is 9.69 Å². The van der Waals surface area contributed by atoms with Crippen molar-refractivity contribution in [2.75, 3.05) is 39.8 Å². The molecule has 6 heteroatoms. The topological polar surface area (TPSA) is 35.6 Å². The maximum absolute atomic E-state index is 12.5. The Bertz CT molecular complexity index is 669. The van der Waals surface area contributed by atoms with Gasteiger partial charge in [-0.1, -0.05) is 28.1 Å². The number of hydrogen-bond donors (Lipinski definition) is 1. The van der Waals surface area contributed by atoms with Crippen molar-refractivity contribution in [1.29, 1.82) is 0 Å². The van der Waals surface area contributed by atoms with Crippen LogP contribution >= 0.6 is 27.3 Å². The molecule has 1 amide bonds. The zero-order valence-electron chi connectivity index (χ0n) is 13.7. The van der Waals surface area contributed by atoms with E-state index in [0.717, 1.165) is 30.7 Å². The van der Waals surface area contributed by atoms with E-state index in [4.69, 9.17) is 0 Å². The Morgan fingerprint density at radius 1 is 1.25 bits per heavy atom. The Morgan fingerprint density at radius 3 is 2.71 bits per heavy atom. The average molecular weight is 408 g/mol. The summed E-state index contributed by atoms with van der Waals surface area (Å²) in [5.41, 5.74) is 0.688. The van der Waals surface area contributed by atoms with Gasteiger partial charge in [0, 0.05) is 47.6 Å². The predicted octanol–water partition coefficient (Wildman–Crippen LogP) is 3.23. The second kappa shape index (κ2) is 8.25. The van der Waals surface area contributed by atoms with Gasteiger partial charge in [0.05, 0.1) is 6.04 Å². The van der Waals surface area contributed by atoms with E-state index in [1.807, 2.05) is 24.3 Å². The molecule has 24 heavy (non-hydrogen) atoms. The average Bonchev–Trinajstić information content (AvgIpc) is 3.11. The van der Waals surface area contributed by atoms with Gasteiger partial charge in [0.15, 0.2) is 0 Å². The van der Waals surface area contributed by atoms with Crippen molar-refractivity contribution in [3.05, 3.63) is 56.7 Å². The molecule has 0 spiro atoms. The van der Waals surface area contributed by atoms with E-state index in [9.17, 15) is 4.79 Å². The number of likely N-dealkylation sites (N-methyl/N-ethyl adjacent to an activating group) is 1. The molecule has 0 aliphatic carbocycles. The molecule has 1 aliphatic rings. The zero-order valence-corrected chi connectivity index (χ0v) is 16.1. The molecule has 4 nitrogen and oxygen atoms in total. The maximum Gasteiger partial charge on any atom is 0.251 e. The molecule has 2 aromatic rings. The van der Waals surface area contributed by atoms with Gasteiger partial charge < -0.3 is 10.2 Å². The van der Waals surface area contributed by atoms with E-state index in [2.05, 4.69) is 55.6 Å². The third-order valence-electron chi connectivity index (χ3n) is 4.39. The van der Waals surface area contributed by atoms with Gasteiger partial charge in [0.25, 0.3) is 5.91 Å². The first kappa shape index (κ1) is 17.6. The minimum atomic E-state index is -0.0213. The van der Waals surface area contributed by atoms with E-state index in [1.165, 1.54) is 4.88 Å². The van der Waals surface area contributed by atoms with E-state index >= 15 is 0 Å². The number of piperazine rings is 1. The minimum absolute atomic E-state index is 0.0213. The number of benzene rings is 1. The van der Waals surface area contributed by atoms with Gasteiger partial charge in [-0.05, 0) is 36.7 Å². The van der Waals surface area contributed by atoms with Crippen molar-refractivity contribution in [3.8, 4) is 0 Å². The highest BCUT2D eigenvalue weighted by Gasteiger charge is 2.25. The summed E-state index contributed by atoms with van der Waals surface area (Å²) in [6.45, 7) is 4.84. The largest absolute Gasteiger partial charge is 0.350 e. The third-order valence-corrected chi connectivity index (χ3v) is 5.86. The molecule has 128 valence electrons. The fourth-order valence-electron chi connectivity index (χ4n) is 2.95. The molecule has 0 unspecified atom stereocenters. The van der Waals surface area contributed by atoms with E-state index < -0.39 is 0 Å². The first-order valence-corrected chi connectivity index (χ1v) is 9.80. The van der Waals surface area contributed by atoms with Gasteiger partial charge >= 0.3 is 0 Å². The van der Waals surface area contributed by atoms with Crippen LogP contribution in [-0.2, 0) is 0 Å². The Balaban J connectivity index is 1.67. The molecule has 0 saturated carbocycles. The Labute approximate surface area is 155 Å². The number of carbonyl (C=O) groups is 1. The van der Waals surface area contributed by atoms with Crippen LogP contribution in [0.25, 0.3) is 0 Å². The molecule has 1 N–H and O–H groups in total. The molecule has 1 aromatic carbocycles. The standard InChI is InChI=1S/C18H22BrN3OS/c1-21-7-9-22(10-8-21)16(17-6-3-11-24-17)13-20-18(23)14-4-2-5-15(19)12-14/h2-6,11-12,16H,7-10,13H2,1H3,(H,20,23)/t16-/m1/s1. The predicted molar refractivity (Wildman–Crippen MR) is 103 cm³/mol. The van der Waals surface area contributed by atoms with Crippen molar-refractivity contribution >= 4 is 33.2 Å². The molecular weight excluding hydrogens is 386 g/mol. The summed E-state index contributed by atoms with van der Waals surface area (Å²) in [5, 5.41) is 5.22. The fourth-order valence-corrected chi connectivity index (χ4v) is 4.21. The molecule has 3 rings (SSSR count). The number of nitrogens with zero attached hydrogens (tertiary/aromatic N) is 2. The van der Waals surface area contributed by atoms with Crippen LogP contribution in [0, 0.1) is 0 Å². The van der Waals surface area contributed by atoms with Crippen LogP contribution in [0.3, 0.4) is 0 Å². The molecule has 1 atom stereocenters. The van der Waals surface area contributed by atoms with Gasteiger partial charge in [-0.2, -0.15) is 0 Å². The smallest absolute Gasteiger partial charge is 0.251 e. The van der Waals surface area contributed by atoms with Crippen LogP contribution in [0.4, 0.5) is 0 Å². The first-order chi connectivity index (χ1) is 11.6. The number of rotatable bonds is 5. The summed E-state index contributed by atoms with van der Waals surface area (Å²) in [6.07, 6.45) is 0. The minimum Gasteiger partial charge on any atom is -0.350 e. The highest BCUT2D eigenvalue weighted by molar-refractivity contribution is 9.10. The lowest BCUT2D eigenvalue weighted by molar-refractivity contribution is 0.0890. The molecular formula is C18H22BrN3OS. The SMILES string of the molecule is CN1CCN([C@H](CNC(=O)c2cccc(Br)c2)c2cccs2)CC1. The van der Waals surface area contributed by atoms with Crippen LogP contribution < -0.4 is 5.32 Å². The summed E-state index contributed by atoms with van der Waals surface area (Å²) in [7, 11) is 2.16. The van der Waals surface area contributed by atoms with Crippen LogP contribution in [-0.4, -0.2) is 55.5 Å². The summed E-state index contributed by atoms with van der Waals surface area (Å²) in [4.78, 5) is 18.6. The van der Waals surface area contributed by atoms with Gasteiger partial charge in [0.1, 0.15) is 0 Å². The summed E-state index contributed by atoms with van der Waals surface area (Å²) < 4.78 is 0.920. The Kier molecular flexibility index (Phi) is 6.05. The Hall–Kier alpha value is -1.21. The van der Waals surface area contributed by atoms with E-state index in [0.29, 0.717) is 12.1 Å². The van der Waals surface area contributed by atoms with Crippen molar-refractivity contribution in [3.63, 3.8) is 0 Å². The first-order valence-electron chi connectivity index (χ1n) is 8.13. The van der Waals surface area contributed by atoms with Crippen molar-refractivity contribution in [1.82, 2.24) is 15.1 Å². The molecule has 1 aromatic heterocycles. The van der Waals surface area contributed by atoms with Crippen molar-refractivity contribution in [2.24, 2.45) is 0 Å². The number of thiophene rings is 1. The molecule has 1 aliphatic heterocycles. The van der Waals surface area contributed by atoms with Crippen LogP contribution in [0.1, 0.15) is 21.3 Å². The quantitative estimate of drug-likeness (QED) is 0.825. The monoisotopic (exact) mass is 407 g/mol. The fraction of sp³-hybridized carbons (Fsp3) is 0.389. The summed E-state index contributed by atoms with van der Waals surface area (Å²) >= 11 is 5.18. The number of halogens is 1. The second-order valence-electron chi connectivity index (χ2n) is 6.09. The summed E-state index contributed by atoms with van der Waals surface area (Å²) in [6, 6.07) is 12.0. The normalized spacial score (nSPS) is 17.6. The molecule has 1 fully saturated rings. The summed E-state index contributed by atoms with van der Waals surface area (Å²) in [5.74, 6) is -0.0213. The Morgan fingerprint density at radius 2 is 2.04 bits per heavy atom. The lowest BCUT2D eigenvalue weighted by atomic mass is 10.1. The molecule has 2 heterocycles. The number of amides is 1. The van der Waals surface area contributed by atoms with Crippen LogP contribution in [0.2, 0.25) is 0 Å². The second-order valence-corrected chi connectivity index (χ2v) is 7.99.